The predicted molar refractivity (Wildman–Crippen MR) is 51.3 cm³/mol. The standard InChI is InChI=1S/C9H10BrFO2/c1-6-8(11)4-3-7(10)9(6)13-5-12-2/h3-4H,5H2,1-2H3. The van der Waals surface area contributed by atoms with Gasteiger partial charge in [0.1, 0.15) is 11.6 Å². The van der Waals surface area contributed by atoms with Gasteiger partial charge in [-0.05, 0) is 35.0 Å². The average molecular weight is 249 g/mol. The third-order valence-electron chi connectivity index (χ3n) is 1.61. The first-order valence-electron chi connectivity index (χ1n) is 3.73. The Hall–Kier alpha value is -0.610. The van der Waals surface area contributed by atoms with Crippen molar-refractivity contribution in [2.75, 3.05) is 13.9 Å². The summed E-state index contributed by atoms with van der Waals surface area (Å²) in [7, 11) is 1.52. The molecule has 1 aromatic carbocycles. The van der Waals surface area contributed by atoms with E-state index in [9.17, 15) is 4.39 Å². The van der Waals surface area contributed by atoms with E-state index in [1.54, 1.807) is 13.0 Å². The fraction of sp³-hybridized carbons (Fsp3) is 0.333. The molecule has 72 valence electrons. The maximum absolute atomic E-state index is 13.0. The molecule has 1 rings (SSSR count). The summed E-state index contributed by atoms with van der Waals surface area (Å²) in [5, 5.41) is 0. The smallest absolute Gasteiger partial charge is 0.188 e. The van der Waals surface area contributed by atoms with E-state index < -0.39 is 0 Å². The van der Waals surface area contributed by atoms with Gasteiger partial charge in [0.2, 0.25) is 0 Å². The summed E-state index contributed by atoms with van der Waals surface area (Å²) < 4.78 is 23.7. The molecule has 0 bridgehead atoms. The van der Waals surface area contributed by atoms with Gasteiger partial charge in [0, 0.05) is 12.7 Å². The lowest BCUT2D eigenvalue weighted by molar-refractivity contribution is 0.0498. The largest absolute Gasteiger partial charge is 0.466 e. The Morgan fingerprint density at radius 2 is 2.15 bits per heavy atom. The highest BCUT2D eigenvalue weighted by molar-refractivity contribution is 9.10. The summed E-state index contributed by atoms with van der Waals surface area (Å²) >= 11 is 3.26. The Labute approximate surface area is 84.8 Å². The molecule has 0 atom stereocenters. The number of hydrogen-bond donors (Lipinski definition) is 0. The Morgan fingerprint density at radius 1 is 1.46 bits per heavy atom. The molecular weight excluding hydrogens is 239 g/mol. The first-order chi connectivity index (χ1) is 6.16. The van der Waals surface area contributed by atoms with E-state index >= 15 is 0 Å². The van der Waals surface area contributed by atoms with E-state index in [1.165, 1.54) is 13.2 Å². The molecule has 0 aliphatic heterocycles. The van der Waals surface area contributed by atoms with Crippen molar-refractivity contribution < 1.29 is 13.9 Å². The van der Waals surface area contributed by atoms with Crippen LogP contribution in [0.4, 0.5) is 4.39 Å². The van der Waals surface area contributed by atoms with Gasteiger partial charge in [0.05, 0.1) is 4.47 Å². The van der Waals surface area contributed by atoms with Gasteiger partial charge in [-0.1, -0.05) is 0 Å². The summed E-state index contributed by atoms with van der Waals surface area (Å²) in [4.78, 5) is 0. The minimum atomic E-state index is -0.283. The van der Waals surface area contributed by atoms with Crippen LogP contribution in [0.25, 0.3) is 0 Å². The number of rotatable bonds is 3. The lowest BCUT2D eigenvalue weighted by atomic mass is 10.2. The quantitative estimate of drug-likeness (QED) is 0.767. The number of hydrogen-bond acceptors (Lipinski definition) is 2. The fourth-order valence-corrected chi connectivity index (χ4v) is 1.47. The van der Waals surface area contributed by atoms with E-state index in [1.807, 2.05) is 0 Å². The Bertz CT molecular complexity index is 302. The van der Waals surface area contributed by atoms with Crippen molar-refractivity contribution in [3.8, 4) is 5.75 Å². The highest BCUT2D eigenvalue weighted by Gasteiger charge is 2.08. The zero-order valence-electron chi connectivity index (χ0n) is 7.43. The minimum absolute atomic E-state index is 0.114. The Kier molecular flexibility index (Phi) is 3.69. The summed E-state index contributed by atoms with van der Waals surface area (Å²) in [5.74, 6) is 0.205. The average Bonchev–Trinajstić information content (AvgIpc) is 2.12. The molecule has 0 radical (unpaired) electrons. The monoisotopic (exact) mass is 248 g/mol. The van der Waals surface area contributed by atoms with Crippen molar-refractivity contribution in [1.29, 1.82) is 0 Å². The Balaban J connectivity index is 2.96. The summed E-state index contributed by atoms with van der Waals surface area (Å²) in [6, 6.07) is 2.99. The molecule has 0 unspecified atom stereocenters. The van der Waals surface area contributed by atoms with E-state index in [0.29, 0.717) is 11.3 Å². The zero-order chi connectivity index (χ0) is 9.84. The minimum Gasteiger partial charge on any atom is -0.466 e. The van der Waals surface area contributed by atoms with Crippen molar-refractivity contribution in [3.63, 3.8) is 0 Å². The summed E-state index contributed by atoms with van der Waals surface area (Å²) in [5.41, 5.74) is 0.478. The molecule has 1 aromatic rings. The van der Waals surface area contributed by atoms with Gasteiger partial charge in [-0.2, -0.15) is 0 Å². The molecule has 0 spiro atoms. The number of methoxy groups -OCH3 is 1. The highest BCUT2D eigenvalue weighted by atomic mass is 79.9. The molecule has 0 fully saturated rings. The molecule has 0 saturated carbocycles. The van der Waals surface area contributed by atoms with Crippen molar-refractivity contribution in [1.82, 2.24) is 0 Å². The van der Waals surface area contributed by atoms with E-state index in [0.717, 1.165) is 4.47 Å². The first-order valence-corrected chi connectivity index (χ1v) is 4.52. The maximum atomic E-state index is 13.0. The third kappa shape index (κ3) is 2.42. The summed E-state index contributed by atoms with van der Waals surface area (Å²) in [6.45, 7) is 1.77. The lowest BCUT2D eigenvalue weighted by Gasteiger charge is -2.10. The van der Waals surface area contributed by atoms with Gasteiger partial charge in [0.25, 0.3) is 0 Å². The fourth-order valence-electron chi connectivity index (χ4n) is 0.930. The van der Waals surface area contributed by atoms with Crippen molar-refractivity contribution in [2.45, 2.75) is 6.92 Å². The molecule has 0 N–H and O–H groups in total. The normalized spacial score (nSPS) is 10.2. The van der Waals surface area contributed by atoms with Crippen LogP contribution in [0.3, 0.4) is 0 Å². The molecular formula is C9H10BrFO2. The molecule has 0 aromatic heterocycles. The van der Waals surface area contributed by atoms with E-state index in [4.69, 9.17) is 9.47 Å². The molecule has 13 heavy (non-hydrogen) atoms. The van der Waals surface area contributed by atoms with E-state index in [-0.39, 0.29) is 12.6 Å². The van der Waals surface area contributed by atoms with E-state index in [2.05, 4.69) is 15.9 Å². The van der Waals surface area contributed by atoms with Gasteiger partial charge in [-0.3, -0.25) is 0 Å². The van der Waals surface area contributed by atoms with Gasteiger partial charge in [0.15, 0.2) is 6.79 Å². The first kappa shape index (κ1) is 10.5. The lowest BCUT2D eigenvalue weighted by Crippen LogP contribution is -2.02. The number of ether oxygens (including phenoxy) is 2. The molecule has 0 aliphatic carbocycles. The molecule has 0 saturated heterocycles. The predicted octanol–water partition coefficient (Wildman–Crippen LogP) is 2.88. The third-order valence-corrected chi connectivity index (χ3v) is 2.24. The van der Waals surface area contributed by atoms with Crippen LogP contribution >= 0.6 is 15.9 Å². The van der Waals surface area contributed by atoms with Gasteiger partial charge < -0.3 is 9.47 Å². The molecule has 4 heteroatoms. The van der Waals surface area contributed by atoms with Crippen LogP contribution in [0.1, 0.15) is 5.56 Å². The topological polar surface area (TPSA) is 18.5 Å². The van der Waals surface area contributed by atoms with Gasteiger partial charge in [-0.15, -0.1) is 0 Å². The van der Waals surface area contributed by atoms with Crippen LogP contribution in [0.5, 0.6) is 5.75 Å². The Morgan fingerprint density at radius 3 is 2.77 bits per heavy atom. The second kappa shape index (κ2) is 4.58. The zero-order valence-corrected chi connectivity index (χ0v) is 9.02. The van der Waals surface area contributed by atoms with Crippen LogP contribution in [0, 0.1) is 12.7 Å². The SMILES string of the molecule is COCOc1c(Br)ccc(F)c1C. The van der Waals surface area contributed by atoms with Gasteiger partial charge >= 0.3 is 0 Å². The number of halogens is 2. The van der Waals surface area contributed by atoms with Crippen molar-refractivity contribution >= 4 is 15.9 Å². The second-order valence-electron chi connectivity index (χ2n) is 2.53. The molecule has 0 amide bonds. The molecule has 0 heterocycles. The molecule has 2 nitrogen and oxygen atoms in total. The maximum Gasteiger partial charge on any atom is 0.188 e. The highest BCUT2D eigenvalue weighted by Crippen LogP contribution is 2.30. The second-order valence-corrected chi connectivity index (χ2v) is 3.39. The van der Waals surface area contributed by atoms with Crippen LogP contribution in [-0.4, -0.2) is 13.9 Å². The van der Waals surface area contributed by atoms with Crippen LogP contribution in [0.15, 0.2) is 16.6 Å². The van der Waals surface area contributed by atoms with Crippen molar-refractivity contribution in [2.24, 2.45) is 0 Å². The van der Waals surface area contributed by atoms with Crippen molar-refractivity contribution in [3.05, 3.63) is 28.0 Å². The van der Waals surface area contributed by atoms with Crippen LogP contribution in [-0.2, 0) is 4.74 Å². The van der Waals surface area contributed by atoms with Gasteiger partial charge in [-0.25, -0.2) is 4.39 Å². The summed E-state index contributed by atoms with van der Waals surface area (Å²) in [6.07, 6.45) is 0. The molecule has 0 aliphatic rings. The number of benzene rings is 1. The van der Waals surface area contributed by atoms with Crippen LogP contribution < -0.4 is 4.74 Å². The van der Waals surface area contributed by atoms with Crippen LogP contribution in [0.2, 0.25) is 0 Å².